The van der Waals surface area contributed by atoms with Gasteiger partial charge in [0.2, 0.25) is 15.9 Å². The van der Waals surface area contributed by atoms with Gasteiger partial charge in [0.1, 0.15) is 5.82 Å². The van der Waals surface area contributed by atoms with E-state index < -0.39 is 21.7 Å². The summed E-state index contributed by atoms with van der Waals surface area (Å²) in [6.45, 7) is 1.44. The number of rotatable bonds is 4. The summed E-state index contributed by atoms with van der Waals surface area (Å²) in [6, 6.07) is 3.16. The molecule has 2 amide bonds. The maximum absolute atomic E-state index is 14.1. The second kappa shape index (κ2) is 7.93. The van der Waals surface area contributed by atoms with Crippen molar-refractivity contribution < 1.29 is 22.4 Å². The van der Waals surface area contributed by atoms with E-state index in [4.69, 9.17) is 0 Å². The van der Waals surface area contributed by atoms with Crippen LogP contribution in [-0.2, 0) is 14.8 Å². The lowest BCUT2D eigenvalue weighted by atomic mass is 10.1. The lowest BCUT2D eigenvalue weighted by Crippen LogP contribution is -2.51. The zero-order valence-corrected chi connectivity index (χ0v) is 16.1. The van der Waals surface area contributed by atoms with E-state index in [-0.39, 0.29) is 22.3 Å². The van der Waals surface area contributed by atoms with Crippen LogP contribution in [0.4, 0.5) is 4.39 Å². The smallest absolute Gasteiger partial charge is 0.256 e. The molecule has 27 heavy (non-hydrogen) atoms. The molecule has 2 aliphatic rings. The highest BCUT2D eigenvalue weighted by Crippen LogP contribution is 2.27. The van der Waals surface area contributed by atoms with Crippen molar-refractivity contribution in [3.63, 3.8) is 0 Å². The molecule has 0 bridgehead atoms. The normalized spacial score (nSPS) is 18.7. The Morgan fingerprint density at radius 1 is 1.07 bits per heavy atom. The van der Waals surface area contributed by atoms with E-state index >= 15 is 0 Å². The van der Waals surface area contributed by atoms with Gasteiger partial charge in [0, 0.05) is 32.1 Å². The predicted molar refractivity (Wildman–Crippen MR) is 97.1 cm³/mol. The molecule has 3 rings (SSSR count). The van der Waals surface area contributed by atoms with Crippen LogP contribution in [0.25, 0.3) is 0 Å². The number of piperazine rings is 1. The van der Waals surface area contributed by atoms with Gasteiger partial charge < -0.3 is 9.80 Å². The third-order valence-corrected chi connectivity index (χ3v) is 6.74. The second-order valence-corrected chi connectivity index (χ2v) is 8.83. The largest absolute Gasteiger partial charge is 0.339 e. The van der Waals surface area contributed by atoms with E-state index in [1.807, 2.05) is 0 Å². The fourth-order valence-corrected chi connectivity index (χ4v) is 4.44. The van der Waals surface area contributed by atoms with E-state index in [9.17, 15) is 22.4 Å². The first-order valence-corrected chi connectivity index (χ1v) is 10.6. The topological polar surface area (TPSA) is 86.8 Å². The van der Waals surface area contributed by atoms with Gasteiger partial charge in [0.15, 0.2) is 0 Å². The van der Waals surface area contributed by atoms with E-state index in [1.165, 1.54) is 11.9 Å². The van der Waals surface area contributed by atoms with Crippen LogP contribution in [-0.4, -0.2) is 63.3 Å². The lowest BCUT2D eigenvalue weighted by molar-refractivity contribution is -0.136. The predicted octanol–water partition coefficient (Wildman–Crippen LogP) is 1.21. The number of amides is 2. The Morgan fingerprint density at radius 3 is 2.26 bits per heavy atom. The molecule has 0 unspecified atom stereocenters. The summed E-state index contributed by atoms with van der Waals surface area (Å²) in [5.74, 6) is -1.09. The van der Waals surface area contributed by atoms with Crippen molar-refractivity contribution in [1.82, 2.24) is 14.5 Å². The minimum atomic E-state index is -3.77. The summed E-state index contributed by atoms with van der Waals surface area (Å²) in [5, 5.41) is 0. The summed E-state index contributed by atoms with van der Waals surface area (Å²) in [4.78, 5) is 28.2. The Labute approximate surface area is 158 Å². The van der Waals surface area contributed by atoms with Crippen LogP contribution in [0.15, 0.2) is 23.1 Å². The van der Waals surface area contributed by atoms with E-state index in [1.54, 1.807) is 4.90 Å². The highest BCUT2D eigenvalue weighted by molar-refractivity contribution is 7.89. The molecule has 0 aromatic heterocycles. The minimum Gasteiger partial charge on any atom is -0.339 e. The fraction of sp³-hybridized carbons (Fsp3) is 0.556. The molecule has 148 valence electrons. The van der Waals surface area contributed by atoms with Gasteiger partial charge in [-0.1, -0.05) is 12.8 Å². The zero-order valence-electron chi connectivity index (χ0n) is 15.3. The number of sulfonamides is 1. The molecule has 1 heterocycles. The standard InChI is InChI=1S/C18H24FN3O4S/c1-20-27(25,26)14-6-7-16(19)15(12-14)18(24)22-10-8-21(9-11-22)17(23)13-4-2-3-5-13/h6-7,12-13,20H,2-5,8-11H2,1H3. The van der Waals surface area contributed by atoms with Crippen LogP contribution in [0.3, 0.4) is 0 Å². The maximum atomic E-state index is 14.1. The molecule has 1 aromatic rings. The number of nitrogens with zero attached hydrogens (tertiary/aromatic N) is 2. The first-order valence-electron chi connectivity index (χ1n) is 9.14. The number of hydrogen-bond donors (Lipinski definition) is 1. The van der Waals surface area contributed by atoms with Crippen LogP contribution >= 0.6 is 0 Å². The number of benzene rings is 1. The van der Waals surface area contributed by atoms with Gasteiger partial charge in [-0.2, -0.15) is 0 Å². The van der Waals surface area contributed by atoms with Crippen molar-refractivity contribution in [2.24, 2.45) is 5.92 Å². The molecule has 1 aliphatic heterocycles. The third kappa shape index (κ3) is 4.14. The number of carbonyl (C=O) groups is 2. The highest BCUT2D eigenvalue weighted by atomic mass is 32.2. The minimum absolute atomic E-state index is 0.0909. The molecule has 1 saturated carbocycles. The van der Waals surface area contributed by atoms with Gasteiger partial charge >= 0.3 is 0 Å². The molecule has 0 spiro atoms. The molecule has 9 heteroatoms. The van der Waals surface area contributed by atoms with Crippen molar-refractivity contribution in [3.8, 4) is 0 Å². The van der Waals surface area contributed by atoms with Gasteiger partial charge in [0.25, 0.3) is 5.91 Å². The summed E-state index contributed by atoms with van der Waals surface area (Å²) in [5.41, 5.74) is -0.276. The van der Waals surface area contributed by atoms with Gasteiger partial charge in [0.05, 0.1) is 10.5 Å². The van der Waals surface area contributed by atoms with Gasteiger partial charge in [-0.05, 0) is 38.1 Å². The Balaban J connectivity index is 1.69. The highest BCUT2D eigenvalue weighted by Gasteiger charge is 2.31. The van der Waals surface area contributed by atoms with Crippen LogP contribution in [0.2, 0.25) is 0 Å². The number of nitrogens with one attached hydrogen (secondary N) is 1. The van der Waals surface area contributed by atoms with Crippen LogP contribution in [0.5, 0.6) is 0 Å². The van der Waals surface area contributed by atoms with Crippen LogP contribution in [0.1, 0.15) is 36.0 Å². The quantitative estimate of drug-likeness (QED) is 0.827. The molecular formula is C18H24FN3O4S. The van der Waals surface area contributed by atoms with Crippen LogP contribution in [0, 0.1) is 11.7 Å². The molecular weight excluding hydrogens is 373 g/mol. The van der Waals surface area contributed by atoms with E-state index in [2.05, 4.69) is 4.72 Å². The zero-order chi connectivity index (χ0) is 19.6. The first-order chi connectivity index (χ1) is 12.8. The van der Waals surface area contributed by atoms with Crippen molar-refractivity contribution in [2.45, 2.75) is 30.6 Å². The van der Waals surface area contributed by atoms with E-state index in [0.717, 1.165) is 43.9 Å². The molecule has 7 nitrogen and oxygen atoms in total. The monoisotopic (exact) mass is 397 g/mol. The van der Waals surface area contributed by atoms with Crippen LogP contribution < -0.4 is 4.72 Å². The molecule has 2 fully saturated rings. The Bertz CT molecular complexity index is 829. The van der Waals surface area contributed by atoms with Crippen molar-refractivity contribution in [1.29, 1.82) is 0 Å². The summed E-state index contributed by atoms with van der Waals surface area (Å²) in [6.07, 6.45) is 4.02. The summed E-state index contributed by atoms with van der Waals surface area (Å²) >= 11 is 0. The van der Waals surface area contributed by atoms with Gasteiger partial charge in [-0.25, -0.2) is 17.5 Å². The fourth-order valence-electron chi connectivity index (χ4n) is 3.68. The average Bonchev–Trinajstić information content (AvgIpc) is 3.22. The number of carbonyl (C=O) groups excluding carboxylic acids is 2. The van der Waals surface area contributed by atoms with Gasteiger partial charge in [-0.15, -0.1) is 0 Å². The second-order valence-electron chi connectivity index (χ2n) is 6.95. The van der Waals surface area contributed by atoms with Crippen molar-refractivity contribution >= 4 is 21.8 Å². The molecule has 1 N–H and O–H groups in total. The maximum Gasteiger partial charge on any atom is 0.256 e. The van der Waals surface area contributed by atoms with Crippen molar-refractivity contribution in [2.75, 3.05) is 33.2 Å². The number of hydrogen-bond acceptors (Lipinski definition) is 4. The molecule has 0 radical (unpaired) electrons. The summed E-state index contributed by atoms with van der Waals surface area (Å²) in [7, 11) is -2.52. The Kier molecular flexibility index (Phi) is 5.81. The van der Waals surface area contributed by atoms with Gasteiger partial charge in [-0.3, -0.25) is 9.59 Å². The SMILES string of the molecule is CNS(=O)(=O)c1ccc(F)c(C(=O)N2CCN(C(=O)C3CCCC3)CC2)c1. The third-order valence-electron chi connectivity index (χ3n) is 5.33. The molecule has 1 saturated heterocycles. The number of halogens is 1. The van der Waals surface area contributed by atoms with E-state index in [0.29, 0.717) is 26.2 Å². The molecule has 0 atom stereocenters. The average molecular weight is 397 g/mol. The Hall–Kier alpha value is -2.00. The van der Waals surface area contributed by atoms with Crippen molar-refractivity contribution in [3.05, 3.63) is 29.6 Å². The first kappa shape index (κ1) is 19.8. The lowest BCUT2D eigenvalue weighted by Gasteiger charge is -2.36. The Morgan fingerprint density at radius 2 is 1.67 bits per heavy atom. The summed E-state index contributed by atoms with van der Waals surface area (Å²) < 4.78 is 40.1. The molecule has 1 aliphatic carbocycles. The molecule has 1 aromatic carbocycles.